The van der Waals surface area contributed by atoms with E-state index in [9.17, 15) is 4.79 Å². The molecule has 3 rings (SSSR count). The molecule has 1 heterocycles. The van der Waals surface area contributed by atoms with Crippen molar-refractivity contribution in [2.75, 3.05) is 6.61 Å². The molecule has 0 bridgehead atoms. The van der Waals surface area contributed by atoms with Crippen molar-refractivity contribution in [1.29, 1.82) is 0 Å². The summed E-state index contributed by atoms with van der Waals surface area (Å²) in [5, 5.41) is 1.12. The lowest BCUT2D eigenvalue weighted by atomic mass is 10.0. The third-order valence-corrected chi connectivity index (χ3v) is 7.56. The van der Waals surface area contributed by atoms with Crippen molar-refractivity contribution in [2.24, 2.45) is 0 Å². The molecule has 0 spiro atoms. The van der Waals surface area contributed by atoms with Crippen LogP contribution in [0.25, 0.3) is 10.9 Å². The zero-order valence-corrected chi connectivity index (χ0v) is 23.8. The number of benzene rings is 2. The van der Waals surface area contributed by atoms with Gasteiger partial charge in [0, 0.05) is 23.1 Å². The molecule has 0 unspecified atom stereocenters. The van der Waals surface area contributed by atoms with E-state index < -0.39 is 0 Å². The zero-order valence-electron chi connectivity index (χ0n) is 23.8. The van der Waals surface area contributed by atoms with Crippen molar-refractivity contribution in [1.82, 2.24) is 0 Å². The highest BCUT2D eigenvalue weighted by Crippen LogP contribution is 2.15. The lowest BCUT2D eigenvalue weighted by Gasteiger charge is -2.08. The van der Waals surface area contributed by atoms with E-state index in [4.69, 9.17) is 4.74 Å². The molecule has 1 aromatic heterocycles. The molecule has 0 radical (unpaired) electrons. The highest BCUT2D eigenvalue weighted by molar-refractivity contribution is 5.88. The molecule has 3 nitrogen and oxygen atoms in total. The Hall–Kier alpha value is -2.68. The van der Waals surface area contributed by atoms with E-state index in [-0.39, 0.29) is 5.97 Å². The maximum Gasteiger partial charge on any atom is 0.403 e. The van der Waals surface area contributed by atoms with Crippen LogP contribution in [0, 0.1) is 0 Å². The average Bonchev–Trinajstić information content (AvgIpc) is 2.95. The predicted molar refractivity (Wildman–Crippen MR) is 160 cm³/mol. The number of hydrogen-bond acceptors (Lipinski definition) is 2. The van der Waals surface area contributed by atoms with Gasteiger partial charge in [0.1, 0.15) is 0 Å². The van der Waals surface area contributed by atoms with Gasteiger partial charge in [-0.1, -0.05) is 146 Å². The van der Waals surface area contributed by atoms with Gasteiger partial charge in [0.15, 0.2) is 6.54 Å². The number of esters is 1. The maximum atomic E-state index is 13.0. The van der Waals surface area contributed by atoms with Gasteiger partial charge in [-0.05, 0) is 18.6 Å². The van der Waals surface area contributed by atoms with Crippen LogP contribution < -0.4 is 4.57 Å². The number of pyridine rings is 1. The Morgan fingerprint density at radius 3 is 1.74 bits per heavy atom. The van der Waals surface area contributed by atoms with Gasteiger partial charge in [0.05, 0.1) is 6.61 Å². The minimum Gasteiger partial charge on any atom is -0.458 e. The van der Waals surface area contributed by atoms with Crippen molar-refractivity contribution in [3.8, 4) is 0 Å². The summed E-state index contributed by atoms with van der Waals surface area (Å²) >= 11 is 0. The average molecular weight is 517 g/mol. The monoisotopic (exact) mass is 516 g/mol. The molecule has 0 aliphatic heterocycles. The first-order valence-electron chi connectivity index (χ1n) is 15.4. The van der Waals surface area contributed by atoms with E-state index in [1.54, 1.807) is 0 Å². The quantitative estimate of drug-likeness (QED) is 0.0850. The van der Waals surface area contributed by atoms with Crippen molar-refractivity contribution < 1.29 is 14.1 Å². The van der Waals surface area contributed by atoms with E-state index in [1.807, 2.05) is 42.5 Å². The summed E-state index contributed by atoms with van der Waals surface area (Å²) in [6.07, 6.45) is 21.4. The minimum absolute atomic E-state index is 0.229. The van der Waals surface area contributed by atoms with Gasteiger partial charge in [0.2, 0.25) is 5.52 Å². The van der Waals surface area contributed by atoms with Crippen LogP contribution in [-0.2, 0) is 11.3 Å². The predicted octanol–water partition coefficient (Wildman–Crippen LogP) is 9.59. The van der Waals surface area contributed by atoms with Gasteiger partial charge in [0.25, 0.3) is 5.69 Å². The first kappa shape index (κ1) is 29.9. The molecule has 0 saturated heterocycles. The molecule has 0 N–H and O–H groups in total. The number of aromatic nitrogens is 1. The summed E-state index contributed by atoms with van der Waals surface area (Å²) in [5.74, 6) is -0.229. The zero-order chi connectivity index (χ0) is 26.7. The SMILES string of the molecule is CCCCCCCCCCCCCCCCCCOC(=O)c1ccc2ccccc2[n+]1Cc1ccccc1. The largest absolute Gasteiger partial charge is 0.458 e. The van der Waals surface area contributed by atoms with Crippen LogP contribution in [-0.4, -0.2) is 12.6 Å². The number of fused-ring (bicyclic) bond motifs is 1. The summed E-state index contributed by atoms with van der Waals surface area (Å²) < 4.78 is 7.80. The molecule has 2 aromatic carbocycles. The lowest BCUT2D eigenvalue weighted by molar-refractivity contribution is -0.665. The van der Waals surface area contributed by atoms with Crippen molar-refractivity contribution in [3.63, 3.8) is 0 Å². The fraction of sp³-hybridized carbons (Fsp3) is 0.543. The smallest absolute Gasteiger partial charge is 0.403 e. The molecule has 0 amide bonds. The van der Waals surface area contributed by atoms with E-state index in [0.717, 1.165) is 23.7 Å². The van der Waals surface area contributed by atoms with Crippen LogP contribution in [0.5, 0.6) is 0 Å². The number of carbonyl (C=O) groups is 1. The standard InChI is InChI=1S/C35H50NO2/c1-2-3-4-5-6-7-8-9-10-11-12-13-14-15-16-22-29-38-35(37)34-28-27-32-25-20-21-26-33(32)36(34)30-31-23-18-17-19-24-31/h17-21,23-28H,2-16,22,29-30H2,1H3/q+1. The topological polar surface area (TPSA) is 30.2 Å². The Morgan fingerprint density at radius 1 is 0.605 bits per heavy atom. The van der Waals surface area contributed by atoms with Crippen LogP contribution in [0.3, 0.4) is 0 Å². The molecule has 0 atom stereocenters. The summed E-state index contributed by atoms with van der Waals surface area (Å²) in [4.78, 5) is 13.0. The van der Waals surface area contributed by atoms with Crippen molar-refractivity contribution in [3.05, 3.63) is 78.0 Å². The van der Waals surface area contributed by atoms with Gasteiger partial charge in [-0.25, -0.2) is 4.79 Å². The van der Waals surface area contributed by atoms with Crippen LogP contribution in [0.15, 0.2) is 66.7 Å². The number of carbonyl (C=O) groups excluding carboxylic acids is 1. The summed E-state index contributed by atoms with van der Waals surface area (Å²) in [7, 11) is 0. The molecule has 0 aliphatic carbocycles. The van der Waals surface area contributed by atoms with Crippen LogP contribution in [0.2, 0.25) is 0 Å². The van der Waals surface area contributed by atoms with Gasteiger partial charge >= 0.3 is 5.97 Å². The maximum absolute atomic E-state index is 13.0. The summed E-state index contributed by atoms with van der Waals surface area (Å²) in [6.45, 7) is 3.42. The number of nitrogens with zero attached hydrogens (tertiary/aromatic N) is 1. The molecular weight excluding hydrogens is 466 g/mol. The van der Waals surface area contributed by atoms with Gasteiger partial charge in [-0.15, -0.1) is 0 Å². The van der Waals surface area contributed by atoms with Crippen molar-refractivity contribution >= 4 is 16.9 Å². The second-order valence-corrected chi connectivity index (χ2v) is 10.8. The number of rotatable bonds is 20. The molecule has 0 saturated carbocycles. The number of para-hydroxylation sites is 1. The normalized spacial score (nSPS) is 11.2. The third kappa shape index (κ3) is 11.0. The number of ether oxygens (including phenoxy) is 1. The molecule has 0 fully saturated rings. The molecule has 3 heteroatoms. The van der Waals surface area contributed by atoms with E-state index >= 15 is 0 Å². The van der Waals surface area contributed by atoms with E-state index in [0.29, 0.717) is 18.8 Å². The van der Waals surface area contributed by atoms with Crippen LogP contribution in [0.1, 0.15) is 126 Å². The van der Waals surface area contributed by atoms with E-state index in [1.165, 1.54) is 95.5 Å². The second-order valence-electron chi connectivity index (χ2n) is 10.8. The molecule has 3 aromatic rings. The lowest BCUT2D eigenvalue weighted by Crippen LogP contribution is -2.42. The molecule has 0 aliphatic rings. The van der Waals surface area contributed by atoms with Gasteiger partial charge < -0.3 is 4.74 Å². The van der Waals surface area contributed by atoms with Gasteiger partial charge in [-0.3, -0.25) is 0 Å². The number of hydrogen-bond donors (Lipinski definition) is 0. The Morgan fingerprint density at radius 2 is 1.13 bits per heavy atom. The first-order valence-corrected chi connectivity index (χ1v) is 15.4. The fourth-order valence-corrected chi connectivity index (χ4v) is 5.27. The van der Waals surface area contributed by atoms with E-state index in [2.05, 4.69) is 35.8 Å². The number of unbranched alkanes of at least 4 members (excludes halogenated alkanes) is 15. The summed E-state index contributed by atoms with van der Waals surface area (Å²) in [6, 6.07) is 22.4. The van der Waals surface area contributed by atoms with Gasteiger partial charge in [-0.2, -0.15) is 4.57 Å². The first-order chi connectivity index (χ1) is 18.8. The molecule has 206 valence electrons. The third-order valence-electron chi connectivity index (χ3n) is 7.56. The fourth-order valence-electron chi connectivity index (χ4n) is 5.27. The highest BCUT2D eigenvalue weighted by atomic mass is 16.5. The Labute approximate surface area is 231 Å². The highest BCUT2D eigenvalue weighted by Gasteiger charge is 2.23. The molecular formula is C35H50NO2+. The van der Waals surface area contributed by atoms with Crippen molar-refractivity contribution in [2.45, 2.75) is 116 Å². The minimum atomic E-state index is -0.229. The Balaban J connectivity index is 1.28. The van der Waals surface area contributed by atoms with Crippen LogP contribution in [0.4, 0.5) is 0 Å². The Kier molecular flexibility index (Phi) is 14.6. The Bertz CT molecular complexity index is 1050. The second kappa shape index (κ2) is 18.6. The summed E-state index contributed by atoms with van der Waals surface area (Å²) in [5.41, 5.74) is 2.83. The molecule has 38 heavy (non-hydrogen) atoms. The van der Waals surface area contributed by atoms with Crippen LogP contribution >= 0.6 is 0 Å².